The summed E-state index contributed by atoms with van der Waals surface area (Å²) in [5.41, 5.74) is 6.93. The van der Waals surface area contributed by atoms with E-state index in [-0.39, 0.29) is 0 Å². The third-order valence-corrected chi connectivity index (χ3v) is 2.74. The van der Waals surface area contributed by atoms with E-state index in [2.05, 4.69) is 42.6 Å². The number of hydrogen-bond donors (Lipinski definition) is 1. The SMILES string of the molecule is Cc1nc(N)c(C)c(N(CC(C)C)CC(C)C)n1. The molecule has 0 aliphatic heterocycles. The minimum absolute atomic E-state index is 0.593. The summed E-state index contributed by atoms with van der Waals surface area (Å²) in [6.07, 6.45) is 0. The lowest BCUT2D eigenvalue weighted by Crippen LogP contribution is -2.33. The first-order valence-electron chi connectivity index (χ1n) is 6.67. The molecule has 18 heavy (non-hydrogen) atoms. The van der Waals surface area contributed by atoms with Crippen molar-refractivity contribution in [1.82, 2.24) is 9.97 Å². The molecule has 0 radical (unpaired) electrons. The van der Waals surface area contributed by atoms with Gasteiger partial charge < -0.3 is 10.6 Å². The van der Waals surface area contributed by atoms with Crippen molar-refractivity contribution in [1.29, 1.82) is 0 Å². The molecule has 0 saturated heterocycles. The highest BCUT2D eigenvalue weighted by molar-refractivity contribution is 5.56. The third kappa shape index (κ3) is 3.86. The van der Waals surface area contributed by atoms with Gasteiger partial charge >= 0.3 is 0 Å². The van der Waals surface area contributed by atoms with Crippen LogP contribution in [-0.2, 0) is 0 Å². The summed E-state index contributed by atoms with van der Waals surface area (Å²) in [5.74, 6) is 3.52. The van der Waals surface area contributed by atoms with E-state index in [1.807, 2.05) is 13.8 Å². The van der Waals surface area contributed by atoms with Crippen molar-refractivity contribution in [2.24, 2.45) is 11.8 Å². The lowest BCUT2D eigenvalue weighted by Gasteiger charge is -2.29. The number of nitrogens with zero attached hydrogens (tertiary/aromatic N) is 3. The Balaban J connectivity index is 3.11. The maximum Gasteiger partial charge on any atom is 0.137 e. The third-order valence-electron chi connectivity index (χ3n) is 2.74. The summed E-state index contributed by atoms with van der Waals surface area (Å²) in [4.78, 5) is 11.1. The van der Waals surface area contributed by atoms with Crippen molar-refractivity contribution in [3.63, 3.8) is 0 Å². The van der Waals surface area contributed by atoms with Crippen molar-refractivity contribution in [3.05, 3.63) is 11.4 Å². The van der Waals surface area contributed by atoms with Crippen molar-refractivity contribution in [2.75, 3.05) is 23.7 Å². The molecule has 0 aliphatic carbocycles. The molecule has 0 saturated carbocycles. The molecule has 1 aromatic rings. The van der Waals surface area contributed by atoms with Crippen LogP contribution in [0.15, 0.2) is 0 Å². The number of rotatable bonds is 5. The van der Waals surface area contributed by atoms with Crippen LogP contribution in [-0.4, -0.2) is 23.1 Å². The van der Waals surface area contributed by atoms with E-state index in [0.717, 1.165) is 30.3 Å². The van der Waals surface area contributed by atoms with Gasteiger partial charge in [-0.15, -0.1) is 0 Å². The molecule has 0 spiro atoms. The minimum Gasteiger partial charge on any atom is -0.383 e. The maximum atomic E-state index is 5.94. The Bertz CT molecular complexity index is 389. The Hall–Kier alpha value is -1.32. The largest absolute Gasteiger partial charge is 0.383 e. The lowest BCUT2D eigenvalue weighted by molar-refractivity contribution is 0.547. The Kier molecular flexibility index (Phi) is 4.93. The molecule has 0 bridgehead atoms. The van der Waals surface area contributed by atoms with Gasteiger partial charge in [0.15, 0.2) is 0 Å². The van der Waals surface area contributed by atoms with Gasteiger partial charge in [-0.1, -0.05) is 27.7 Å². The molecule has 102 valence electrons. The maximum absolute atomic E-state index is 5.94. The quantitative estimate of drug-likeness (QED) is 0.873. The van der Waals surface area contributed by atoms with E-state index in [0.29, 0.717) is 17.7 Å². The molecule has 2 N–H and O–H groups in total. The molecule has 0 atom stereocenters. The molecule has 0 aliphatic rings. The minimum atomic E-state index is 0.593. The zero-order valence-electron chi connectivity index (χ0n) is 12.5. The molecule has 0 fully saturated rings. The van der Waals surface area contributed by atoms with Crippen LogP contribution < -0.4 is 10.6 Å². The lowest BCUT2D eigenvalue weighted by atomic mass is 10.1. The molecule has 1 rings (SSSR count). The van der Waals surface area contributed by atoms with E-state index in [1.54, 1.807) is 0 Å². The van der Waals surface area contributed by atoms with Crippen LogP contribution in [0.3, 0.4) is 0 Å². The van der Waals surface area contributed by atoms with Gasteiger partial charge in [0.25, 0.3) is 0 Å². The van der Waals surface area contributed by atoms with Gasteiger partial charge in [0.2, 0.25) is 0 Å². The standard InChI is InChI=1S/C14H26N4/c1-9(2)7-18(8-10(3)4)14-11(5)13(15)16-12(6)17-14/h9-10H,7-8H2,1-6H3,(H2,15,16,17). The van der Waals surface area contributed by atoms with Crippen LogP contribution in [0, 0.1) is 25.7 Å². The first-order chi connectivity index (χ1) is 8.31. The molecule has 0 unspecified atom stereocenters. The van der Waals surface area contributed by atoms with Gasteiger partial charge in [-0.2, -0.15) is 0 Å². The number of anilines is 2. The van der Waals surface area contributed by atoms with Gasteiger partial charge in [-0.3, -0.25) is 0 Å². The van der Waals surface area contributed by atoms with Crippen molar-refractivity contribution >= 4 is 11.6 Å². The fourth-order valence-corrected chi connectivity index (χ4v) is 2.07. The smallest absolute Gasteiger partial charge is 0.137 e. The zero-order valence-corrected chi connectivity index (χ0v) is 12.5. The second kappa shape index (κ2) is 6.03. The van der Waals surface area contributed by atoms with E-state index >= 15 is 0 Å². The molecule has 1 heterocycles. The number of nitrogens with two attached hydrogens (primary N) is 1. The normalized spacial score (nSPS) is 11.3. The monoisotopic (exact) mass is 250 g/mol. The van der Waals surface area contributed by atoms with Gasteiger partial charge in [-0.05, 0) is 25.7 Å². The molecule has 4 nitrogen and oxygen atoms in total. The average Bonchev–Trinajstić information content (AvgIpc) is 2.21. The highest BCUT2D eigenvalue weighted by Gasteiger charge is 2.16. The number of nitrogen functional groups attached to an aromatic ring is 1. The van der Waals surface area contributed by atoms with Crippen LogP contribution in [0.5, 0.6) is 0 Å². The summed E-state index contributed by atoms with van der Waals surface area (Å²) >= 11 is 0. The van der Waals surface area contributed by atoms with E-state index < -0.39 is 0 Å². The molecule has 0 aromatic carbocycles. The van der Waals surface area contributed by atoms with Gasteiger partial charge in [0, 0.05) is 18.7 Å². The molecular formula is C14H26N4. The Morgan fingerprint density at radius 2 is 1.50 bits per heavy atom. The number of aryl methyl sites for hydroxylation is 1. The number of aromatic nitrogens is 2. The van der Waals surface area contributed by atoms with Crippen molar-refractivity contribution < 1.29 is 0 Å². The number of hydrogen-bond acceptors (Lipinski definition) is 4. The van der Waals surface area contributed by atoms with Crippen molar-refractivity contribution in [2.45, 2.75) is 41.5 Å². The summed E-state index contributed by atoms with van der Waals surface area (Å²) in [6, 6.07) is 0. The molecule has 1 aromatic heterocycles. The van der Waals surface area contributed by atoms with Crippen LogP contribution in [0.1, 0.15) is 39.1 Å². The molecular weight excluding hydrogens is 224 g/mol. The topological polar surface area (TPSA) is 55.0 Å². The highest BCUT2D eigenvalue weighted by atomic mass is 15.2. The summed E-state index contributed by atoms with van der Waals surface area (Å²) in [5, 5.41) is 0. The van der Waals surface area contributed by atoms with Gasteiger partial charge in [0.05, 0.1) is 0 Å². The second-order valence-corrected chi connectivity index (χ2v) is 5.80. The van der Waals surface area contributed by atoms with E-state index in [9.17, 15) is 0 Å². The second-order valence-electron chi connectivity index (χ2n) is 5.80. The summed E-state index contributed by atoms with van der Waals surface area (Å²) in [6.45, 7) is 14.8. The Labute approximate surface area is 111 Å². The molecule has 4 heteroatoms. The van der Waals surface area contributed by atoms with Crippen LogP contribution in [0.2, 0.25) is 0 Å². The predicted molar refractivity (Wildman–Crippen MR) is 77.8 cm³/mol. The fourth-order valence-electron chi connectivity index (χ4n) is 2.07. The fraction of sp³-hybridized carbons (Fsp3) is 0.714. The zero-order chi connectivity index (χ0) is 13.9. The first kappa shape index (κ1) is 14.7. The Morgan fingerprint density at radius 1 is 1.00 bits per heavy atom. The van der Waals surface area contributed by atoms with Crippen molar-refractivity contribution in [3.8, 4) is 0 Å². The molecule has 0 amide bonds. The highest BCUT2D eigenvalue weighted by Crippen LogP contribution is 2.23. The van der Waals surface area contributed by atoms with E-state index in [4.69, 9.17) is 5.73 Å². The Morgan fingerprint density at radius 3 is 1.94 bits per heavy atom. The van der Waals surface area contributed by atoms with E-state index in [1.165, 1.54) is 0 Å². The average molecular weight is 250 g/mol. The summed E-state index contributed by atoms with van der Waals surface area (Å²) in [7, 11) is 0. The first-order valence-corrected chi connectivity index (χ1v) is 6.67. The van der Waals surface area contributed by atoms with Crippen LogP contribution in [0.25, 0.3) is 0 Å². The van der Waals surface area contributed by atoms with Crippen LogP contribution >= 0.6 is 0 Å². The van der Waals surface area contributed by atoms with Crippen LogP contribution in [0.4, 0.5) is 11.6 Å². The van der Waals surface area contributed by atoms with Gasteiger partial charge in [0.1, 0.15) is 17.5 Å². The predicted octanol–water partition coefficient (Wildman–Crippen LogP) is 2.79. The summed E-state index contributed by atoms with van der Waals surface area (Å²) < 4.78 is 0. The van der Waals surface area contributed by atoms with Gasteiger partial charge in [-0.25, -0.2) is 9.97 Å².